The molecule has 7 heteroatoms. The van der Waals surface area contributed by atoms with Crippen molar-refractivity contribution in [1.82, 2.24) is 10.2 Å². The van der Waals surface area contributed by atoms with Crippen LogP contribution >= 0.6 is 11.6 Å². The molecular formula is C20H29ClN2O4. The maximum atomic E-state index is 12.1. The summed E-state index contributed by atoms with van der Waals surface area (Å²) in [6.07, 6.45) is 1.15. The number of ether oxygens (including phenoxy) is 2. The summed E-state index contributed by atoms with van der Waals surface area (Å²) in [4.78, 5) is 25.8. The molecule has 1 aliphatic rings. The van der Waals surface area contributed by atoms with Gasteiger partial charge in [0.05, 0.1) is 6.61 Å². The quantitative estimate of drug-likeness (QED) is 0.795. The Kier molecular flexibility index (Phi) is 7.78. The first-order valence-electron chi connectivity index (χ1n) is 9.37. The van der Waals surface area contributed by atoms with Crippen LogP contribution < -0.4 is 10.1 Å². The monoisotopic (exact) mass is 396 g/mol. The van der Waals surface area contributed by atoms with E-state index in [0.717, 1.165) is 11.1 Å². The first kappa shape index (κ1) is 21.4. The number of aryl methyl sites for hydroxylation is 2. The van der Waals surface area contributed by atoms with Crippen molar-refractivity contribution >= 4 is 23.6 Å². The average molecular weight is 397 g/mol. The molecule has 1 aromatic rings. The first-order valence-corrected chi connectivity index (χ1v) is 9.74. The molecular weight excluding hydrogens is 368 g/mol. The second-order valence-corrected chi connectivity index (χ2v) is 7.84. The minimum atomic E-state index is -0.273. The van der Waals surface area contributed by atoms with Crippen LogP contribution in [-0.2, 0) is 9.53 Å². The van der Waals surface area contributed by atoms with Gasteiger partial charge in [0.25, 0.3) is 5.91 Å². The molecule has 1 saturated heterocycles. The summed E-state index contributed by atoms with van der Waals surface area (Å²) in [5.74, 6) is 0.785. The molecule has 1 aromatic carbocycles. The van der Waals surface area contributed by atoms with E-state index in [0.29, 0.717) is 49.2 Å². The predicted octanol–water partition coefficient (Wildman–Crippen LogP) is 3.71. The fourth-order valence-electron chi connectivity index (χ4n) is 2.94. The molecule has 0 aromatic heterocycles. The molecule has 2 amide bonds. The van der Waals surface area contributed by atoms with E-state index in [2.05, 4.69) is 5.32 Å². The van der Waals surface area contributed by atoms with Gasteiger partial charge in [0, 0.05) is 24.2 Å². The number of hydrogen-bond acceptors (Lipinski definition) is 4. The number of carbonyl (C=O) groups excluding carboxylic acids is 2. The van der Waals surface area contributed by atoms with Crippen molar-refractivity contribution in [3.05, 3.63) is 28.3 Å². The third kappa shape index (κ3) is 6.61. The minimum Gasteiger partial charge on any atom is -0.484 e. The normalized spacial score (nSPS) is 15.0. The van der Waals surface area contributed by atoms with Crippen molar-refractivity contribution < 1.29 is 19.1 Å². The molecule has 1 fully saturated rings. The number of piperidine rings is 1. The first-order chi connectivity index (χ1) is 12.8. The second-order valence-electron chi connectivity index (χ2n) is 7.46. The number of carbonyl (C=O) groups is 2. The maximum Gasteiger partial charge on any atom is 0.409 e. The van der Waals surface area contributed by atoms with Gasteiger partial charge in [0.2, 0.25) is 0 Å². The molecule has 6 nitrogen and oxygen atoms in total. The molecule has 0 bridgehead atoms. The van der Waals surface area contributed by atoms with E-state index in [-0.39, 0.29) is 24.6 Å². The van der Waals surface area contributed by atoms with Gasteiger partial charge in [-0.25, -0.2) is 4.79 Å². The lowest BCUT2D eigenvalue weighted by molar-refractivity contribution is -0.124. The van der Waals surface area contributed by atoms with E-state index in [4.69, 9.17) is 21.1 Å². The highest BCUT2D eigenvalue weighted by Crippen LogP contribution is 2.25. The van der Waals surface area contributed by atoms with Crippen LogP contribution in [0, 0.1) is 19.8 Å². The van der Waals surface area contributed by atoms with Gasteiger partial charge >= 0.3 is 6.09 Å². The van der Waals surface area contributed by atoms with Crippen LogP contribution in [0.4, 0.5) is 4.79 Å². The van der Waals surface area contributed by atoms with Crippen LogP contribution in [0.25, 0.3) is 0 Å². The van der Waals surface area contributed by atoms with Crippen molar-refractivity contribution in [2.75, 3.05) is 26.3 Å². The lowest BCUT2D eigenvalue weighted by atomic mass is 10.1. The molecule has 0 radical (unpaired) electrons. The van der Waals surface area contributed by atoms with Crippen LogP contribution in [0.15, 0.2) is 12.1 Å². The van der Waals surface area contributed by atoms with Crippen molar-refractivity contribution in [1.29, 1.82) is 0 Å². The minimum absolute atomic E-state index is 0.0445. The zero-order chi connectivity index (χ0) is 20.0. The van der Waals surface area contributed by atoms with E-state index in [1.165, 1.54) is 0 Å². The number of amides is 2. The fraction of sp³-hybridized carbons (Fsp3) is 0.600. The molecule has 0 atom stereocenters. The summed E-state index contributed by atoms with van der Waals surface area (Å²) < 4.78 is 10.8. The van der Waals surface area contributed by atoms with E-state index >= 15 is 0 Å². The number of benzene rings is 1. The van der Waals surface area contributed by atoms with Crippen LogP contribution in [-0.4, -0.2) is 49.2 Å². The summed E-state index contributed by atoms with van der Waals surface area (Å²) in [5.41, 5.74) is 1.84. The number of nitrogens with zero attached hydrogens (tertiary/aromatic N) is 1. The third-order valence-corrected chi connectivity index (χ3v) is 5.03. The summed E-state index contributed by atoms with van der Waals surface area (Å²) in [7, 11) is 0. The topological polar surface area (TPSA) is 67.9 Å². The number of halogens is 1. The van der Waals surface area contributed by atoms with E-state index < -0.39 is 0 Å². The fourth-order valence-corrected chi connectivity index (χ4v) is 3.05. The lowest BCUT2D eigenvalue weighted by Crippen LogP contribution is -2.47. The Bertz CT molecular complexity index is 647. The number of nitrogens with one attached hydrogen (secondary N) is 1. The van der Waals surface area contributed by atoms with Gasteiger partial charge in [-0.2, -0.15) is 0 Å². The molecule has 0 spiro atoms. The molecule has 2 rings (SSSR count). The van der Waals surface area contributed by atoms with Gasteiger partial charge < -0.3 is 19.7 Å². The van der Waals surface area contributed by atoms with Crippen molar-refractivity contribution in [3.63, 3.8) is 0 Å². The molecule has 1 N–H and O–H groups in total. The predicted molar refractivity (Wildman–Crippen MR) is 105 cm³/mol. The highest BCUT2D eigenvalue weighted by atomic mass is 35.5. The Hall–Kier alpha value is -1.95. The number of rotatable bonds is 6. The molecule has 0 saturated carbocycles. The zero-order valence-electron chi connectivity index (χ0n) is 16.5. The van der Waals surface area contributed by atoms with Crippen molar-refractivity contribution in [2.24, 2.45) is 5.92 Å². The van der Waals surface area contributed by atoms with Crippen molar-refractivity contribution in [3.8, 4) is 5.75 Å². The number of likely N-dealkylation sites (tertiary alicyclic amines) is 1. The van der Waals surface area contributed by atoms with Gasteiger partial charge in [0.1, 0.15) is 5.75 Å². The second kappa shape index (κ2) is 9.83. The highest BCUT2D eigenvalue weighted by molar-refractivity contribution is 6.32. The largest absolute Gasteiger partial charge is 0.484 e. The van der Waals surface area contributed by atoms with Gasteiger partial charge in [-0.05, 0) is 55.9 Å². The highest BCUT2D eigenvalue weighted by Gasteiger charge is 2.25. The van der Waals surface area contributed by atoms with E-state index in [1.54, 1.807) is 4.90 Å². The van der Waals surface area contributed by atoms with E-state index in [9.17, 15) is 9.59 Å². The molecule has 0 aliphatic carbocycles. The Morgan fingerprint density at radius 2 is 1.81 bits per heavy atom. The molecule has 1 heterocycles. The summed E-state index contributed by atoms with van der Waals surface area (Å²) in [6, 6.07) is 3.69. The van der Waals surface area contributed by atoms with E-state index in [1.807, 2.05) is 39.8 Å². The Morgan fingerprint density at radius 1 is 1.22 bits per heavy atom. The SMILES string of the molecule is Cc1cc(OCC(=O)NC2CCN(C(=O)OCC(C)C)CC2)cc(C)c1Cl. The molecule has 150 valence electrons. The third-order valence-electron chi connectivity index (χ3n) is 4.44. The Labute approximate surface area is 166 Å². The average Bonchev–Trinajstić information content (AvgIpc) is 2.63. The lowest BCUT2D eigenvalue weighted by Gasteiger charge is -2.31. The van der Waals surface area contributed by atoms with Gasteiger partial charge in [-0.1, -0.05) is 25.4 Å². The molecule has 27 heavy (non-hydrogen) atoms. The molecule has 1 aliphatic heterocycles. The summed E-state index contributed by atoms with van der Waals surface area (Å²) in [6.45, 7) is 9.36. The molecule has 0 unspecified atom stereocenters. The summed E-state index contributed by atoms with van der Waals surface area (Å²) in [5, 5.41) is 3.68. The number of hydrogen-bond donors (Lipinski definition) is 1. The maximum absolute atomic E-state index is 12.1. The Morgan fingerprint density at radius 3 is 2.37 bits per heavy atom. The van der Waals surface area contributed by atoms with Crippen molar-refractivity contribution in [2.45, 2.75) is 46.6 Å². The van der Waals surface area contributed by atoms with Crippen LogP contribution in [0.1, 0.15) is 37.8 Å². The van der Waals surface area contributed by atoms with Crippen LogP contribution in [0.5, 0.6) is 5.75 Å². The van der Waals surface area contributed by atoms with Crippen LogP contribution in [0.3, 0.4) is 0 Å². The van der Waals surface area contributed by atoms with Gasteiger partial charge in [-0.3, -0.25) is 4.79 Å². The Balaban J connectivity index is 1.72. The zero-order valence-corrected chi connectivity index (χ0v) is 17.3. The van der Waals surface area contributed by atoms with Crippen LogP contribution in [0.2, 0.25) is 5.02 Å². The van der Waals surface area contributed by atoms with Gasteiger partial charge in [-0.15, -0.1) is 0 Å². The summed E-state index contributed by atoms with van der Waals surface area (Å²) >= 11 is 6.14. The van der Waals surface area contributed by atoms with Gasteiger partial charge in [0.15, 0.2) is 6.61 Å². The smallest absolute Gasteiger partial charge is 0.409 e. The standard InChI is InChI=1S/C20H29ClN2O4/c1-13(2)11-27-20(25)23-7-5-16(6-8-23)22-18(24)12-26-17-9-14(3)19(21)15(4)10-17/h9-10,13,16H,5-8,11-12H2,1-4H3,(H,22,24).